The molecule has 0 spiro atoms. The quantitative estimate of drug-likeness (QED) is 0.644. The molecule has 0 saturated carbocycles. The lowest BCUT2D eigenvalue weighted by Gasteiger charge is -2.23. The first-order valence-electron chi connectivity index (χ1n) is 9.58. The predicted octanol–water partition coefficient (Wildman–Crippen LogP) is 4.59. The average Bonchev–Trinajstić information content (AvgIpc) is 3.14. The summed E-state index contributed by atoms with van der Waals surface area (Å²) in [6.07, 6.45) is 5.66. The van der Waals surface area contributed by atoms with Gasteiger partial charge in [0.25, 0.3) is 0 Å². The summed E-state index contributed by atoms with van der Waals surface area (Å²) in [6, 6.07) is 11.3. The van der Waals surface area contributed by atoms with Gasteiger partial charge in [-0.15, -0.1) is 0 Å². The molecule has 2 aromatic heterocycles. The van der Waals surface area contributed by atoms with Crippen LogP contribution in [0.15, 0.2) is 30.3 Å². The van der Waals surface area contributed by atoms with Crippen LogP contribution in [0.3, 0.4) is 0 Å². The summed E-state index contributed by atoms with van der Waals surface area (Å²) in [6.45, 7) is 6.44. The maximum Gasteiger partial charge on any atom is 0.0529 e. The maximum atomic E-state index is 4.75. The Kier molecular flexibility index (Phi) is 3.54. The second kappa shape index (κ2) is 5.82. The molecule has 0 saturated heterocycles. The molecular formula is C23H25N3. The lowest BCUT2D eigenvalue weighted by molar-refractivity contribution is 0.312. The molecule has 3 aromatic rings. The van der Waals surface area contributed by atoms with E-state index in [-0.39, 0.29) is 0 Å². The van der Waals surface area contributed by atoms with Crippen molar-refractivity contribution in [2.75, 3.05) is 13.6 Å². The van der Waals surface area contributed by atoms with Crippen molar-refractivity contribution in [2.45, 2.75) is 39.7 Å². The van der Waals surface area contributed by atoms with Crippen molar-refractivity contribution >= 4 is 22.7 Å². The minimum absolute atomic E-state index is 1.04. The van der Waals surface area contributed by atoms with Gasteiger partial charge in [-0.05, 0) is 63.1 Å². The first-order chi connectivity index (χ1) is 12.6. The number of benzene rings is 1. The lowest BCUT2D eigenvalue weighted by atomic mass is 10.0. The normalized spacial score (nSPS) is 18.5. The van der Waals surface area contributed by atoms with E-state index in [2.05, 4.69) is 66.9 Å². The molecule has 1 aromatic carbocycles. The van der Waals surface area contributed by atoms with Crippen LogP contribution in [-0.2, 0) is 19.4 Å². The predicted molar refractivity (Wildman–Crippen MR) is 108 cm³/mol. The number of fused-ring (bicyclic) bond motifs is 4. The number of allylic oxidation sites excluding steroid dienone is 1. The summed E-state index contributed by atoms with van der Waals surface area (Å²) in [5.41, 5.74) is 10.8. The Balaban J connectivity index is 1.71. The molecule has 0 bridgehead atoms. The van der Waals surface area contributed by atoms with Gasteiger partial charge < -0.3 is 9.47 Å². The molecule has 0 N–H and O–H groups in total. The van der Waals surface area contributed by atoms with Crippen molar-refractivity contribution in [3.63, 3.8) is 0 Å². The molecule has 5 rings (SSSR count). The number of hydrogen-bond donors (Lipinski definition) is 0. The molecule has 0 amide bonds. The van der Waals surface area contributed by atoms with Gasteiger partial charge in [-0.2, -0.15) is 0 Å². The van der Waals surface area contributed by atoms with Gasteiger partial charge in [0, 0.05) is 53.7 Å². The van der Waals surface area contributed by atoms with Gasteiger partial charge in [0.2, 0.25) is 0 Å². The number of pyridine rings is 1. The summed E-state index contributed by atoms with van der Waals surface area (Å²) < 4.78 is 2.47. The molecule has 0 fully saturated rings. The van der Waals surface area contributed by atoms with Crippen LogP contribution in [0.1, 0.15) is 40.2 Å². The van der Waals surface area contributed by atoms with Crippen LogP contribution >= 0.6 is 0 Å². The zero-order valence-electron chi connectivity index (χ0n) is 15.8. The highest BCUT2D eigenvalue weighted by Gasteiger charge is 2.23. The second-order valence-corrected chi connectivity index (χ2v) is 7.90. The summed E-state index contributed by atoms with van der Waals surface area (Å²) in [5.74, 6) is 0. The van der Waals surface area contributed by atoms with Crippen molar-refractivity contribution in [3.05, 3.63) is 64.1 Å². The topological polar surface area (TPSA) is 21.1 Å². The minimum atomic E-state index is 1.04. The second-order valence-electron chi connectivity index (χ2n) is 7.90. The standard InChI is InChI=1S/C23H25N3/c1-15-4-9-22-19(12-15)20-14-25(3)11-10-23(20)26(22)13-17-6-8-21-18(17)7-5-16(2)24-21/h4-5,7,9,12-13H,6,8,10-11,14H2,1-3H3. The first-order valence-corrected chi connectivity index (χ1v) is 9.58. The van der Waals surface area contributed by atoms with E-state index >= 15 is 0 Å². The molecule has 3 heterocycles. The van der Waals surface area contributed by atoms with Gasteiger partial charge in [-0.1, -0.05) is 17.7 Å². The monoisotopic (exact) mass is 343 g/mol. The molecule has 2 aliphatic rings. The number of rotatable bonds is 1. The van der Waals surface area contributed by atoms with Crippen LogP contribution in [0.25, 0.3) is 22.7 Å². The lowest BCUT2D eigenvalue weighted by Crippen LogP contribution is -2.26. The zero-order chi connectivity index (χ0) is 17.8. The molecule has 26 heavy (non-hydrogen) atoms. The summed E-state index contributed by atoms with van der Waals surface area (Å²) in [5, 5.41) is 1.42. The van der Waals surface area contributed by atoms with Gasteiger partial charge in [0.15, 0.2) is 0 Å². The average molecular weight is 343 g/mol. The van der Waals surface area contributed by atoms with Crippen molar-refractivity contribution in [2.24, 2.45) is 0 Å². The Morgan fingerprint density at radius 1 is 1.04 bits per heavy atom. The largest absolute Gasteiger partial charge is 0.320 e. The Bertz CT molecular complexity index is 1050. The van der Waals surface area contributed by atoms with Gasteiger partial charge in [0.05, 0.1) is 5.52 Å². The third kappa shape index (κ3) is 2.42. The molecule has 0 unspecified atom stereocenters. The van der Waals surface area contributed by atoms with Gasteiger partial charge in [-0.3, -0.25) is 4.98 Å². The van der Waals surface area contributed by atoms with Crippen LogP contribution in [0.2, 0.25) is 0 Å². The minimum Gasteiger partial charge on any atom is -0.320 e. The summed E-state index contributed by atoms with van der Waals surface area (Å²) in [7, 11) is 2.22. The smallest absolute Gasteiger partial charge is 0.0529 e. The number of hydrogen-bond acceptors (Lipinski definition) is 2. The molecule has 3 heteroatoms. The first kappa shape index (κ1) is 15.8. The molecule has 132 valence electrons. The molecule has 0 atom stereocenters. The van der Waals surface area contributed by atoms with Crippen molar-refractivity contribution < 1.29 is 0 Å². The highest BCUT2D eigenvalue weighted by Crippen LogP contribution is 2.36. The summed E-state index contributed by atoms with van der Waals surface area (Å²) >= 11 is 0. The van der Waals surface area contributed by atoms with E-state index in [0.29, 0.717) is 0 Å². The SMILES string of the molecule is Cc1ccc2c(c1)c1c(n2C=C2CCc3nc(C)ccc32)CCN(C)C1. The highest BCUT2D eigenvalue weighted by molar-refractivity contribution is 5.91. The maximum absolute atomic E-state index is 4.75. The van der Waals surface area contributed by atoms with Gasteiger partial charge in [-0.25, -0.2) is 0 Å². The van der Waals surface area contributed by atoms with Crippen molar-refractivity contribution in [3.8, 4) is 0 Å². The molecule has 1 aliphatic heterocycles. The molecule has 0 radical (unpaired) electrons. The Morgan fingerprint density at radius 2 is 1.92 bits per heavy atom. The van der Waals surface area contributed by atoms with E-state index in [1.54, 1.807) is 0 Å². The fourth-order valence-corrected chi connectivity index (χ4v) is 4.56. The number of likely N-dealkylation sites (N-methyl/N-ethyl adjacent to an activating group) is 1. The van der Waals surface area contributed by atoms with E-state index in [0.717, 1.165) is 38.0 Å². The fraction of sp³-hybridized carbons (Fsp3) is 0.348. The van der Waals surface area contributed by atoms with Crippen molar-refractivity contribution in [1.82, 2.24) is 14.5 Å². The van der Waals surface area contributed by atoms with Crippen LogP contribution < -0.4 is 0 Å². The number of aryl methyl sites for hydroxylation is 3. The van der Waals surface area contributed by atoms with E-state index in [1.165, 1.54) is 44.6 Å². The van der Waals surface area contributed by atoms with Gasteiger partial charge >= 0.3 is 0 Å². The third-order valence-electron chi connectivity index (χ3n) is 5.91. The van der Waals surface area contributed by atoms with E-state index in [1.807, 2.05) is 0 Å². The number of aromatic nitrogens is 2. The zero-order valence-corrected chi connectivity index (χ0v) is 15.8. The molecule has 3 nitrogen and oxygen atoms in total. The number of nitrogens with zero attached hydrogens (tertiary/aromatic N) is 3. The van der Waals surface area contributed by atoms with Crippen molar-refractivity contribution in [1.29, 1.82) is 0 Å². The van der Waals surface area contributed by atoms with Crippen LogP contribution in [-0.4, -0.2) is 28.0 Å². The van der Waals surface area contributed by atoms with Gasteiger partial charge in [0.1, 0.15) is 0 Å². The Labute approximate surface area is 155 Å². The van der Waals surface area contributed by atoms with E-state index in [4.69, 9.17) is 4.98 Å². The Hall–Kier alpha value is -2.39. The Morgan fingerprint density at radius 3 is 2.81 bits per heavy atom. The third-order valence-corrected chi connectivity index (χ3v) is 5.91. The molecular weight excluding hydrogens is 318 g/mol. The molecule has 1 aliphatic carbocycles. The highest BCUT2D eigenvalue weighted by atomic mass is 15.1. The van der Waals surface area contributed by atoms with E-state index < -0.39 is 0 Å². The van der Waals surface area contributed by atoms with Crippen LogP contribution in [0.4, 0.5) is 0 Å². The summed E-state index contributed by atoms with van der Waals surface area (Å²) in [4.78, 5) is 7.18. The van der Waals surface area contributed by atoms with E-state index in [9.17, 15) is 0 Å². The van der Waals surface area contributed by atoms with Crippen LogP contribution in [0, 0.1) is 13.8 Å². The fourth-order valence-electron chi connectivity index (χ4n) is 4.56. The van der Waals surface area contributed by atoms with Crippen LogP contribution in [0.5, 0.6) is 0 Å².